The van der Waals surface area contributed by atoms with Crippen LogP contribution in [0.25, 0.3) is 5.65 Å². The number of imidazole rings is 1. The molecule has 0 aliphatic carbocycles. The molecule has 0 fully saturated rings. The Hall–Kier alpha value is -2.82. The number of aromatic nitrogens is 2. The van der Waals surface area contributed by atoms with Gasteiger partial charge in [0.15, 0.2) is 18.0 Å². The molecule has 3 rings (SSSR count). The van der Waals surface area contributed by atoms with E-state index in [-0.39, 0.29) is 12.5 Å². The van der Waals surface area contributed by atoms with E-state index in [0.29, 0.717) is 11.4 Å². The van der Waals surface area contributed by atoms with E-state index in [9.17, 15) is 4.79 Å². The first-order valence-corrected chi connectivity index (χ1v) is 7.05. The molecule has 0 radical (unpaired) electrons. The second-order valence-corrected chi connectivity index (χ2v) is 5.19. The molecule has 1 N–H and O–H groups in total. The van der Waals surface area contributed by atoms with Crippen LogP contribution in [0.2, 0.25) is 0 Å². The van der Waals surface area contributed by atoms with Gasteiger partial charge in [-0.2, -0.15) is 0 Å². The van der Waals surface area contributed by atoms with Crippen molar-refractivity contribution < 1.29 is 9.53 Å². The smallest absolute Gasteiger partial charge is 0.262 e. The molecule has 0 atom stereocenters. The molecule has 5 nitrogen and oxygen atoms in total. The Morgan fingerprint density at radius 3 is 2.95 bits per heavy atom. The molecule has 2 heterocycles. The highest BCUT2D eigenvalue weighted by Crippen LogP contribution is 2.18. The van der Waals surface area contributed by atoms with Crippen molar-refractivity contribution in [3.63, 3.8) is 0 Å². The maximum Gasteiger partial charge on any atom is 0.262 e. The summed E-state index contributed by atoms with van der Waals surface area (Å²) >= 11 is 0. The number of anilines is 1. The maximum absolute atomic E-state index is 12.0. The largest absolute Gasteiger partial charge is 0.480 e. The highest BCUT2D eigenvalue weighted by molar-refractivity contribution is 5.92. The van der Waals surface area contributed by atoms with E-state index in [1.165, 1.54) is 0 Å². The number of benzene rings is 1. The lowest BCUT2D eigenvalue weighted by Gasteiger charge is -2.08. The molecule has 0 saturated heterocycles. The lowest BCUT2D eigenvalue weighted by atomic mass is 10.2. The third-order valence-electron chi connectivity index (χ3n) is 3.23. The van der Waals surface area contributed by atoms with Crippen molar-refractivity contribution in [2.75, 3.05) is 11.9 Å². The minimum atomic E-state index is -0.198. The zero-order chi connectivity index (χ0) is 15.5. The normalized spacial score (nSPS) is 10.6. The molecule has 0 spiro atoms. The molecule has 112 valence electrons. The molecule has 0 aliphatic rings. The zero-order valence-corrected chi connectivity index (χ0v) is 12.5. The van der Waals surface area contributed by atoms with E-state index < -0.39 is 0 Å². The van der Waals surface area contributed by atoms with Crippen LogP contribution < -0.4 is 10.1 Å². The topological polar surface area (TPSA) is 55.6 Å². The van der Waals surface area contributed by atoms with Crippen molar-refractivity contribution in [2.45, 2.75) is 13.8 Å². The van der Waals surface area contributed by atoms with Crippen LogP contribution in [0.3, 0.4) is 0 Å². The van der Waals surface area contributed by atoms with Gasteiger partial charge in [-0.3, -0.25) is 4.79 Å². The monoisotopic (exact) mass is 295 g/mol. The van der Waals surface area contributed by atoms with Gasteiger partial charge in [0.05, 0.1) is 5.69 Å². The van der Waals surface area contributed by atoms with Crippen LogP contribution in [0.5, 0.6) is 5.75 Å². The first kappa shape index (κ1) is 14.1. The van der Waals surface area contributed by atoms with Crippen molar-refractivity contribution in [3.05, 3.63) is 60.0 Å². The van der Waals surface area contributed by atoms with E-state index in [1.807, 2.05) is 67.0 Å². The average Bonchev–Trinajstić information content (AvgIpc) is 2.86. The predicted octanol–water partition coefficient (Wildman–Crippen LogP) is 2.97. The molecule has 3 aromatic rings. The molecule has 1 aromatic carbocycles. The van der Waals surface area contributed by atoms with Gasteiger partial charge >= 0.3 is 0 Å². The fraction of sp³-hybridized carbons (Fsp3) is 0.176. The first-order valence-electron chi connectivity index (χ1n) is 7.05. The number of hydrogen-bond donors (Lipinski definition) is 1. The molecular weight excluding hydrogens is 278 g/mol. The Morgan fingerprint density at radius 1 is 1.27 bits per heavy atom. The number of pyridine rings is 1. The standard InChI is InChI=1S/C17H17N3O2/c1-12-5-3-6-14(9-12)19-16(21)11-22-15-7-4-8-20-10-13(2)18-17(15)20/h3-10H,11H2,1-2H3,(H,19,21). The Bertz CT molecular complexity index is 824. The van der Waals surface area contributed by atoms with Crippen molar-refractivity contribution in [2.24, 2.45) is 0 Å². The van der Waals surface area contributed by atoms with Gasteiger partial charge in [-0.05, 0) is 43.7 Å². The first-order chi connectivity index (χ1) is 10.6. The molecule has 0 unspecified atom stereocenters. The highest BCUT2D eigenvalue weighted by atomic mass is 16.5. The summed E-state index contributed by atoms with van der Waals surface area (Å²) in [6.45, 7) is 3.84. The number of rotatable bonds is 4. The molecule has 0 bridgehead atoms. The number of amides is 1. The number of aryl methyl sites for hydroxylation is 2. The number of ether oxygens (including phenoxy) is 1. The fourth-order valence-electron chi connectivity index (χ4n) is 2.29. The Labute approximate surface area is 128 Å². The molecule has 0 saturated carbocycles. The minimum absolute atomic E-state index is 0.0560. The number of carbonyl (C=O) groups is 1. The van der Waals surface area contributed by atoms with Gasteiger partial charge in [0, 0.05) is 18.1 Å². The van der Waals surface area contributed by atoms with Crippen molar-refractivity contribution >= 4 is 17.2 Å². The predicted molar refractivity (Wildman–Crippen MR) is 85.2 cm³/mol. The van der Waals surface area contributed by atoms with Crippen LogP contribution in [0, 0.1) is 13.8 Å². The molecule has 5 heteroatoms. The maximum atomic E-state index is 12.0. The summed E-state index contributed by atoms with van der Waals surface area (Å²) < 4.78 is 7.48. The number of nitrogens with zero attached hydrogens (tertiary/aromatic N) is 2. The van der Waals surface area contributed by atoms with Crippen LogP contribution in [0.4, 0.5) is 5.69 Å². The summed E-state index contributed by atoms with van der Waals surface area (Å²) in [5.74, 6) is 0.394. The molecule has 0 aliphatic heterocycles. The van der Waals surface area contributed by atoms with Gasteiger partial charge in [-0.25, -0.2) is 4.98 Å². The van der Waals surface area contributed by atoms with Crippen LogP contribution >= 0.6 is 0 Å². The summed E-state index contributed by atoms with van der Waals surface area (Å²) in [5, 5.41) is 2.82. The molecular formula is C17H17N3O2. The fourth-order valence-corrected chi connectivity index (χ4v) is 2.29. The van der Waals surface area contributed by atoms with Crippen LogP contribution in [0.1, 0.15) is 11.3 Å². The summed E-state index contributed by atoms with van der Waals surface area (Å²) in [6, 6.07) is 11.3. The Balaban J connectivity index is 1.67. The summed E-state index contributed by atoms with van der Waals surface area (Å²) in [4.78, 5) is 16.4. The summed E-state index contributed by atoms with van der Waals surface area (Å²) in [5.41, 5.74) is 3.48. The lowest BCUT2D eigenvalue weighted by Crippen LogP contribution is -2.20. The third kappa shape index (κ3) is 3.09. The Morgan fingerprint density at radius 2 is 2.14 bits per heavy atom. The molecule has 22 heavy (non-hydrogen) atoms. The molecule has 2 aromatic heterocycles. The lowest BCUT2D eigenvalue weighted by molar-refractivity contribution is -0.118. The van der Waals surface area contributed by atoms with E-state index in [1.54, 1.807) is 0 Å². The van der Waals surface area contributed by atoms with Gasteiger partial charge in [0.1, 0.15) is 0 Å². The van der Waals surface area contributed by atoms with Gasteiger partial charge in [0.2, 0.25) is 0 Å². The van der Waals surface area contributed by atoms with Crippen LogP contribution in [0.15, 0.2) is 48.8 Å². The number of carbonyl (C=O) groups excluding carboxylic acids is 1. The third-order valence-corrected chi connectivity index (χ3v) is 3.23. The second kappa shape index (κ2) is 5.89. The number of nitrogens with one attached hydrogen (secondary N) is 1. The average molecular weight is 295 g/mol. The Kier molecular flexibility index (Phi) is 3.78. The summed E-state index contributed by atoms with van der Waals surface area (Å²) in [7, 11) is 0. The van der Waals surface area contributed by atoms with Crippen molar-refractivity contribution in [3.8, 4) is 5.75 Å². The van der Waals surface area contributed by atoms with Crippen LogP contribution in [-0.2, 0) is 4.79 Å². The summed E-state index contributed by atoms with van der Waals surface area (Å²) in [6.07, 6.45) is 3.81. The van der Waals surface area contributed by atoms with E-state index in [0.717, 1.165) is 16.9 Å². The van der Waals surface area contributed by atoms with Gasteiger partial charge in [-0.1, -0.05) is 12.1 Å². The van der Waals surface area contributed by atoms with Gasteiger partial charge in [0.25, 0.3) is 5.91 Å². The van der Waals surface area contributed by atoms with Crippen LogP contribution in [-0.4, -0.2) is 21.9 Å². The van der Waals surface area contributed by atoms with Crippen molar-refractivity contribution in [1.82, 2.24) is 9.38 Å². The van der Waals surface area contributed by atoms with Gasteiger partial charge in [-0.15, -0.1) is 0 Å². The minimum Gasteiger partial charge on any atom is -0.480 e. The van der Waals surface area contributed by atoms with Crippen molar-refractivity contribution in [1.29, 1.82) is 0 Å². The highest BCUT2D eigenvalue weighted by Gasteiger charge is 2.08. The SMILES string of the molecule is Cc1cccc(NC(=O)COc2cccn3cc(C)nc23)c1. The number of fused-ring (bicyclic) bond motifs is 1. The van der Waals surface area contributed by atoms with E-state index >= 15 is 0 Å². The molecule has 1 amide bonds. The van der Waals surface area contributed by atoms with E-state index in [2.05, 4.69) is 10.3 Å². The van der Waals surface area contributed by atoms with E-state index in [4.69, 9.17) is 4.74 Å². The quantitative estimate of drug-likeness (QED) is 0.805. The number of hydrogen-bond acceptors (Lipinski definition) is 3. The second-order valence-electron chi connectivity index (χ2n) is 5.19. The van der Waals surface area contributed by atoms with Gasteiger partial charge < -0.3 is 14.5 Å². The zero-order valence-electron chi connectivity index (χ0n) is 12.5.